The molecule has 3 heterocycles. The molecule has 1 fully saturated rings. The first-order valence-corrected chi connectivity index (χ1v) is 7.91. The van der Waals surface area contributed by atoms with Gasteiger partial charge in [0.25, 0.3) is 5.56 Å². The van der Waals surface area contributed by atoms with Gasteiger partial charge in [-0.15, -0.1) is 0 Å². The number of anilines is 1. The van der Waals surface area contributed by atoms with Crippen LogP contribution in [0.4, 0.5) is 5.82 Å². The molecule has 1 aliphatic heterocycles. The van der Waals surface area contributed by atoms with E-state index in [2.05, 4.69) is 16.8 Å². The Morgan fingerprint density at radius 3 is 2.95 bits per heavy atom. The molecule has 0 saturated carbocycles. The number of pyridine rings is 1. The van der Waals surface area contributed by atoms with E-state index in [1.54, 1.807) is 12.3 Å². The Morgan fingerprint density at radius 1 is 1.41 bits per heavy atom. The minimum Gasteiger partial charge on any atom is -0.353 e. The number of hydrogen-bond acceptors (Lipinski definition) is 4. The maximum absolute atomic E-state index is 12.6. The van der Waals surface area contributed by atoms with Crippen LogP contribution in [0.15, 0.2) is 23.1 Å². The van der Waals surface area contributed by atoms with Crippen molar-refractivity contribution in [2.45, 2.75) is 45.6 Å². The summed E-state index contributed by atoms with van der Waals surface area (Å²) in [5, 5.41) is 0. The van der Waals surface area contributed by atoms with E-state index in [1.165, 1.54) is 10.8 Å². The molecule has 22 heavy (non-hydrogen) atoms. The van der Waals surface area contributed by atoms with Gasteiger partial charge in [-0.25, -0.2) is 4.98 Å². The summed E-state index contributed by atoms with van der Waals surface area (Å²) < 4.78 is 1.47. The number of aryl methyl sites for hydroxylation is 1. The van der Waals surface area contributed by atoms with Gasteiger partial charge in [0.1, 0.15) is 17.0 Å². The lowest BCUT2D eigenvalue weighted by Gasteiger charge is -2.36. The number of aldehydes is 1. The van der Waals surface area contributed by atoms with Gasteiger partial charge in [0, 0.05) is 18.8 Å². The molecule has 0 amide bonds. The van der Waals surface area contributed by atoms with Gasteiger partial charge < -0.3 is 4.90 Å². The van der Waals surface area contributed by atoms with Crippen LogP contribution in [0, 0.1) is 6.92 Å². The molecule has 2 aromatic rings. The SMILES string of the molecule is CC[C@@H]1CCCCN1c1nc2c(C)cccn2c(=O)c1C=O. The summed E-state index contributed by atoms with van der Waals surface area (Å²) in [6, 6.07) is 4.08. The lowest BCUT2D eigenvalue weighted by Crippen LogP contribution is -2.41. The van der Waals surface area contributed by atoms with Crippen molar-refractivity contribution in [1.29, 1.82) is 0 Å². The van der Waals surface area contributed by atoms with Crippen LogP contribution in [-0.2, 0) is 0 Å². The maximum atomic E-state index is 12.6. The number of carbonyl (C=O) groups excluding carboxylic acids is 1. The predicted molar refractivity (Wildman–Crippen MR) is 86.9 cm³/mol. The van der Waals surface area contributed by atoms with Crippen LogP contribution in [0.5, 0.6) is 0 Å². The fourth-order valence-electron chi connectivity index (χ4n) is 3.33. The standard InChI is InChI=1S/C17H21N3O2/c1-3-13-8-4-5-9-19(13)16-14(11-21)17(22)20-10-6-7-12(2)15(20)18-16/h6-7,10-11,13H,3-5,8-9H2,1-2H3/t13-/m1/s1. The first kappa shape index (κ1) is 14.8. The van der Waals surface area contributed by atoms with Crippen molar-refractivity contribution >= 4 is 17.8 Å². The van der Waals surface area contributed by atoms with Gasteiger partial charge >= 0.3 is 0 Å². The van der Waals surface area contributed by atoms with Gasteiger partial charge in [0.15, 0.2) is 6.29 Å². The Kier molecular flexibility index (Phi) is 3.96. The number of carbonyl (C=O) groups is 1. The van der Waals surface area contributed by atoms with Crippen LogP contribution >= 0.6 is 0 Å². The lowest BCUT2D eigenvalue weighted by atomic mass is 9.99. The summed E-state index contributed by atoms with van der Waals surface area (Å²) in [6.07, 6.45) is 6.67. The fraction of sp³-hybridized carbons (Fsp3) is 0.471. The molecule has 3 rings (SSSR count). The van der Waals surface area contributed by atoms with Crippen LogP contribution in [-0.4, -0.2) is 28.3 Å². The van der Waals surface area contributed by atoms with Crippen molar-refractivity contribution in [2.75, 3.05) is 11.4 Å². The second-order valence-electron chi connectivity index (χ2n) is 5.91. The third kappa shape index (κ3) is 2.30. The van der Waals surface area contributed by atoms with Crippen LogP contribution in [0.2, 0.25) is 0 Å². The van der Waals surface area contributed by atoms with Gasteiger partial charge in [0.05, 0.1) is 0 Å². The highest BCUT2D eigenvalue weighted by molar-refractivity contribution is 5.83. The Hall–Kier alpha value is -2.17. The average molecular weight is 299 g/mol. The number of aromatic nitrogens is 2. The van der Waals surface area contributed by atoms with E-state index in [9.17, 15) is 9.59 Å². The molecule has 116 valence electrons. The van der Waals surface area contributed by atoms with Gasteiger partial charge in [0.2, 0.25) is 0 Å². The molecular formula is C17H21N3O2. The molecule has 1 atom stereocenters. The Balaban J connectivity index is 2.26. The van der Waals surface area contributed by atoms with Crippen molar-refractivity contribution in [3.8, 4) is 0 Å². The normalized spacial score (nSPS) is 18.6. The number of rotatable bonds is 3. The third-order valence-electron chi connectivity index (χ3n) is 4.55. The Bertz CT molecular complexity index is 766. The minimum atomic E-state index is -0.279. The zero-order chi connectivity index (χ0) is 15.7. The molecular weight excluding hydrogens is 278 g/mol. The summed E-state index contributed by atoms with van der Waals surface area (Å²) in [6.45, 7) is 4.93. The highest BCUT2D eigenvalue weighted by Gasteiger charge is 2.26. The van der Waals surface area contributed by atoms with E-state index < -0.39 is 0 Å². The molecule has 0 aliphatic carbocycles. The third-order valence-corrected chi connectivity index (χ3v) is 4.55. The molecule has 0 radical (unpaired) electrons. The fourth-order valence-corrected chi connectivity index (χ4v) is 3.33. The van der Waals surface area contributed by atoms with Crippen LogP contribution in [0.25, 0.3) is 5.65 Å². The average Bonchev–Trinajstić information content (AvgIpc) is 2.55. The van der Waals surface area contributed by atoms with Gasteiger partial charge in [-0.3, -0.25) is 14.0 Å². The number of nitrogens with zero attached hydrogens (tertiary/aromatic N) is 3. The molecule has 0 N–H and O–H groups in total. The molecule has 0 unspecified atom stereocenters. The minimum absolute atomic E-state index is 0.170. The second kappa shape index (κ2) is 5.91. The summed E-state index contributed by atoms with van der Waals surface area (Å²) in [5.41, 5.74) is 1.46. The maximum Gasteiger partial charge on any atom is 0.270 e. The van der Waals surface area contributed by atoms with Crippen LogP contribution in [0.1, 0.15) is 48.5 Å². The van der Waals surface area contributed by atoms with Crippen molar-refractivity contribution in [3.05, 3.63) is 39.8 Å². The second-order valence-corrected chi connectivity index (χ2v) is 5.91. The van der Waals surface area contributed by atoms with E-state index in [1.807, 2.05) is 13.0 Å². The van der Waals surface area contributed by atoms with E-state index in [4.69, 9.17) is 0 Å². The molecule has 1 aliphatic rings. The van der Waals surface area contributed by atoms with Gasteiger partial charge in [-0.2, -0.15) is 0 Å². The van der Waals surface area contributed by atoms with Crippen LogP contribution in [0.3, 0.4) is 0 Å². The number of fused-ring (bicyclic) bond motifs is 1. The predicted octanol–water partition coefficient (Wildman–Crippen LogP) is 2.58. The van der Waals surface area contributed by atoms with Crippen molar-refractivity contribution < 1.29 is 4.79 Å². The van der Waals surface area contributed by atoms with E-state index in [0.717, 1.165) is 31.4 Å². The molecule has 0 spiro atoms. The first-order chi connectivity index (χ1) is 10.7. The van der Waals surface area contributed by atoms with Crippen LogP contribution < -0.4 is 10.5 Å². The van der Waals surface area contributed by atoms with Gasteiger partial charge in [-0.05, 0) is 44.2 Å². The number of piperidine rings is 1. The Labute approximate surface area is 129 Å². The zero-order valence-electron chi connectivity index (χ0n) is 13.1. The summed E-state index contributed by atoms with van der Waals surface area (Å²) in [5.74, 6) is 0.556. The summed E-state index contributed by atoms with van der Waals surface area (Å²) in [4.78, 5) is 31.0. The molecule has 0 aromatic carbocycles. The van der Waals surface area contributed by atoms with E-state index in [-0.39, 0.29) is 11.1 Å². The highest BCUT2D eigenvalue weighted by atomic mass is 16.1. The van der Waals surface area contributed by atoms with Crippen molar-refractivity contribution in [3.63, 3.8) is 0 Å². The molecule has 5 heteroatoms. The number of hydrogen-bond donors (Lipinski definition) is 0. The smallest absolute Gasteiger partial charge is 0.270 e. The van der Waals surface area contributed by atoms with Gasteiger partial charge in [-0.1, -0.05) is 13.0 Å². The highest BCUT2D eigenvalue weighted by Crippen LogP contribution is 2.26. The zero-order valence-corrected chi connectivity index (χ0v) is 13.1. The topological polar surface area (TPSA) is 54.7 Å². The summed E-state index contributed by atoms with van der Waals surface area (Å²) in [7, 11) is 0. The largest absolute Gasteiger partial charge is 0.353 e. The Morgan fingerprint density at radius 2 is 2.23 bits per heavy atom. The molecule has 1 saturated heterocycles. The van der Waals surface area contributed by atoms with E-state index >= 15 is 0 Å². The lowest BCUT2D eigenvalue weighted by molar-refractivity contribution is 0.112. The van der Waals surface area contributed by atoms with E-state index in [0.29, 0.717) is 23.8 Å². The molecule has 5 nitrogen and oxygen atoms in total. The monoisotopic (exact) mass is 299 g/mol. The summed E-state index contributed by atoms with van der Waals surface area (Å²) >= 11 is 0. The first-order valence-electron chi connectivity index (χ1n) is 7.91. The molecule has 0 bridgehead atoms. The molecule has 2 aromatic heterocycles. The van der Waals surface area contributed by atoms with Crippen molar-refractivity contribution in [2.24, 2.45) is 0 Å². The quantitative estimate of drug-likeness (QED) is 0.817. The van der Waals surface area contributed by atoms with Crippen molar-refractivity contribution in [1.82, 2.24) is 9.38 Å².